The third kappa shape index (κ3) is 3.05. The van der Waals surface area contributed by atoms with E-state index in [1.54, 1.807) is 0 Å². The van der Waals surface area contributed by atoms with Gasteiger partial charge in [0, 0.05) is 24.2 Å². The molecular weight excluding hydrogens is 268 g/mol. The molecule has 1 N–H and O–H groups in total. The van der Waals surface area contributed by atoms with Gasteiger partial charge in [0.05, 0.1) is 16.7 Å². The smallest absolute Gasteiger partial charge is 0.275 e. The summed E-state index contributed by atoms with van der Waals surface area (Å²) in [6, 6.07) is 5.32. The van der Waals surface area contributed by atoms with Crippen LogP contribution in [-0.4, -0.2) is 16.5 Å². The minimum atomic E-state index is -0.765. The number of aromatic nitrogens is 1. The second kappa shape index (κ2) is 5.60. The van der Waals surface area contributed by atoms with E-state index in [9.17, 15) is 18.9 Å². The maximum absolute atomic E-state index is 13.2. The molecule has 7 heteroatoms. The van der Waals surface area contributed by atoms with Crippen LogP contribution in [0, 0.1) is 21.7 Å². The lowest BCUT2D eigenvalue weighted by atomic mass is 10.1. The van der Waals surface area contributed by atoms with Crippen LogP contribution in [-0.2, 0) is 0 Å². The van der Waals surface area contributed by atoms with E-state index in [1.807, 2.05) is 6.92 Å². The fourth-order valence-electron chi connectivity index (χ4n) is 1.74. The molecular formula is C13H11F2N3O2. The predicted molar refractivity (Wildman–Crippen MR) is 70.4 cm³/mol. The molecule has 0 spiro atoms. The Balaban J connectivity index is 2.56. The first kappa shape index (κ1) is 13.9. The number of rotatable bonds is 4. The van der Waals surface area contributed by atoms with Crippen LogP contribution in [0.3, 0.4) is 0 Å². The van der Waals surface area contributed by atoms with Gasteiger partial charge in [-0.2, -0.15) is 0 Å². The van der Waals surface area contributed by atoms with E-state index in [-0.39, 0.29) is 22.8 Å². The van der Waals surface area contributed by atoms with E-state index in [0.717, 1.165) is 18.2 Å². The Bertz CT molecular complexity index is 642. The van der Waals surface area contributed by atoms with Gasteiger partial charge in [-0.25, -0.2) is 13.8 Å². The Labute approximate surface area is 113 Å². The van der Waals surface area contributed by atoms with Crippen LogP contribution < -0.4 is 5.32 Å². The molecule has 1 aromatic heterocycles. The molecule has 0 amide bonds. The molecule has 2 rings (SSSR count). The second-order valence-corrected chi connectivity index (χ2v) is 4.04. The molecule has 0 saturated heterocycles. The molecule has 0 atom stereocenters. The van der Waals surface area contributed by atoms with Gasteiger partial charge in [-0.3, -0.25) is 10.1 Å². The van der Waals surface area contributed by atoms with Gasteiger partial charge in [0.25, 0.3) is 5.69 Å². The SMILES string of the molecule is CCNc1cc([N+](=O)[O-])cc(-c2cc(F)cc(F)c2)n1. The van der Waals surface area contributed by atoms with Crippen LogP contribution in [0.15, 0.2) is 30.3 Å². The molecule has 0 aliphatic heterocycles. The summed E-state index contributed by atoms with van der Waals surface area (Å²) in [7, 11) is 0. The molecule has 0 unspecified atom stereocenters. The first-order valence-corrected chi connectivity index (χ1v) is 5.86. The summed E-state index contributed by atoms with van der Waals surface area (Å²) >= 11 is 0. The maximum Gasteiger partial charge on any atom is 0.275 e. The van der Waals surface area contributed by atoms with Gasteiger partial charge in [0.1, 0.15) is 17.5 Å². The minimum absolute atomic E-state index is 0.133. The van der Waals surface area contributed by atoms with Crippen molar-refractivity contribution in [3.8, 4) is 11.3 Å². The van der Waals surface area contributed by atoms with Crippen LogP contribution in [0.5, 0.6) is 0 Å². The highest BCUT2D eigenvalue weighted by Gasteiger charge is 2.13. The highest BCUT2D eigenvalue weighted by molar-refractivity contribution is 5.65. The van der Waals surface area contributed by atoms with Crippen molar-refractivity contribution in [3.63, 3.8) is 0 Å². The summed E-state index contributed by atoms with van der Waals surface area (Å²) in [6.45, 7) is 2.33. The Morgan fingerprint density at radius 2 is 1.85 bits per heavy atom. The molecule has 5 nitrogen and oxygen atoms in total. The van der Waals surface area contributed by atoms with Gasteiger partial charge >= 0.3 is 0 Å². The van der Waals surface area contributed by atoms with Gasteiger partial charge in [0.15, 0.2) is 0 Å². The largest absolute Gasteiger partial charge is 0.370 e. The molecule has 0 radical (unpaired) electrons. The Morgan fingerprint density at radius 1 is 1.20 bits per heavy atom. The zero-order valence-electron chi connectivity index (χ0n) is 10.6. The molecule has 104 valence electrons. The molecule has 0 fully saturated rings. The van der Waals surface area contributed by atoms with Crippen molar-refractivity contribution in [2.24, 2.45) is 0 Å². The summed E-state index contributed by atoms with van der Waals surface area (Å²) in [4.78, 5) is 14.4. The standard InChI is InChI=1S/C13H11F2N3O2/c1-2-16-13-7-11(18(19)20)6-12(17-13)8-3-9(14)5-10(15)4-8/h3-7H,2H2,1H3,(H,16,17). The predicted octanol–water partition coefficient (Wildman–Crippen LogP) is 3.37. The number of halogens is 2. The fraction of sp³-hybridized carbons (Fsp3) is 0.154. The average Bonchev–Trinajstić information content (AvgIpc) is 2.37. The molecule has 20 heavy (non-hydrogen) atoms. The van der Waals surface area contributed by atoms with E-state index in [2.05, 4.69) is 10.3 Å². The van der Waals surface area contributed by atoms with Crippen LogP contribution >= 0.6 is 0 Å². The van der Waals surface area contributed by atoms with Crippen LogP contribution in [0.2, 0.25) is 0 Å². The minimum Gasteiger partial charge on any atom is -0.370 e. The molecule has 1 aromatic carbocycles. The van der Waals surface area contributed by atoms with Crippen LogP contribution in [0.25, 0.3) is 11.3 Å². The molecule has 2 aromatic rings. The van der Waals surface area contributed by atoms with Gasteiger partial charge in [-0.05, 0) is 19.1 Å². The van der Waals surface area contributed by atoms with E-state index >= 15 is 0 Å². The van der Waals surface area contributed by atoms with Crippen molar-refractivity contribution < 1.29 is 13.7 Å². The molecule has 0 bridgehead atoms. The number of anilines is 1. The van der Waals surface area contributed by atoms with Crippen molar-refractivity contribution in [2.45, 2.75) is 6.92 Å². The second-order valence-electron chi connectivity index (χ2n) is 4.04. The van der Waals surface area contributed by atoms with Gasteiger partial charge < -0.3 is 5.32 Å². The third-order valence-electron chi connectivity index (χ3n) is 2.54. The summed E-state index contributed by atoms with van der Waals surface area (Å²) in [5.41, 5.74) is 0.0783. The summed E-state index contributed by atoms with van der Waals surface area (Å²) in [5.74, 6) is -1.25. The average molecular weight is 279 g/mol. The van der Waals surface area contributed by atoms with Crippen molar-refractivity contribution in [3.05, 3.63) is 52.1 Å². The third-order valence-corrected chi connectivity index (χ3v) is 2.54. The number of nitro groups is 1. The first-order valence-electron chi connectivity index (χ1n) is 5.86. The zero-order valence-corrected chi connectivity index (χ0v) is 10.6. The number of nitrogens with one attached hydrogen (secondary N) is 1. The number of hydrogen-bond acceptors (Lipinski definition) is 4. The molecule has 1 heterocycles. The van der Waals surface area contributed by atoms with Gasteiger partial charge in [0.2, 0.25) is 0 Å². The van der Waals surface area contributed by atoms with Crippen molar-refractivity contribution >= 4 is 11.5 Å². The highest BCUT2D eigenvalue weighted by atomic mass is 19.1. The molecule has 0 aliphatic rings. The first-order chi connectivity index (χ1) is 9.49. The van der Waals surface area contributed by atoms with E-state index in [1.165, 1.54) is 12.1 Å². The number of nitrogens with zero attached hydrogens (tertiary/aromatic N) is 2. The van der Waals surface area contributed by atoms with E-state index in [0.29, 0.717) is 6.54 Å². The highest BCUT2D eigenvalue weighted by Crippen LogP contribution is 2.26. The lowest BCUT2D eigenvalue weighted by Crippen LogP contribution is -2.02. The normalized spacial score (nSPS) is 10.3. The Morgan fingerprint density at radius 3 is 2.40 bits per heavy atom. The Kier molecular flexibility index (Phi) is 3.88. The summed E-state index contributed by atoms with van der Waals surface area (Å²) < 4.78 is 26.4. The monoisotopic (exact) mass is 279 g/mol. The van der Waals surface area contributed by atoms with Crippen LogP contribution in [0.1, 0.15) is 6.92 Å². The number of pyridine rings is 1. The van der Waals surface area contributed by atoms with Gasteiger partial charge in [-0.15, -0.1) is 0 Å². The lowest BCUT2D eigenvalue weighted by Gasteiger charge is -2.06. The topological polar surface area (TPSA) is 68.1 Å². The molecule has 0 aliphatic carbocycles. The Hall–Kier alpha value is -2.57. The van der Waals surface area contributed by atoms with Crippen molar-refractivity contribution in [1.82, 2.24) is 4.98 Å². The van der Waals surface area contributed by atoms with Crippen LogP contribution in [0.4, 0.5) is 20.3 Å². The van der Waals surface area contributed by atoms with Gasteiger partial charge in [-0.1, -0.05) is 0 Å². The number of benzene rings is 1. The maximum atomic E-state index is 13.2. The van der Waals surface area contributed by atoms with Crippen molar-refractivity contribution in [1.29, 1.82) is 0 Å². The summed E-state index contributed by atoms with van der Waals surface area (Å²) in [5, 5.41) is 13.7. The van der Waals surface area contributed by atoms with E-state index < -0.39 is 16.6 Å². The lowest BCUT2D eigenvalue weighted by molar-refractivity contribution is -0.384. The summed E-state index contributed by atoms with van der Waals surface area (Å²) in [6.07, 6.45) is 0. The number of hydrogen-bond donors (Lipinski definition) is 1. The molecule has 0 saturated carbocycles. The van der Waals surface area contributed by atoms with Crippen molar-refractivity contribution in [2.75, 3.05) is 11.9 Å². The van der Waals surface area contributed by atoms with E-state index in [4.69, 9.17) is 0 Å². The fourth-order valence-corrected chi connectivity index (χ4v) is 1.74. The quantitative estimate of drug-likeness (QED) is 0.688. The zero-order chi connectivity index (χ0) is 14.7.